The summed E-state index contributed by atoms with van der Waals surface area (Å²) in [6.45, 7) is 4.60. The summed E-state index contributed by atoms with van der Waals surface area (Å²) in [5, 5.41) is 5.55. The van der Waals surface area contributed by atoms with E-state index in [1.54, 1.807) is 37.1 Å². The summed E-state index contributed by atoms with van der Waals surface area (Å²) < 4.78 is 4.99. The number of para-hydroxylation sites is 1. The molecule has 0 unspecified atom stereocenters. The first-order chi connectivity index (χ1) is 15.5. The highest BCUT2D eigenvalue weighted by Gasteiger charge is 2.21. The molecule has 0 atom stereocenters. The molecule has 2 aromatic rings. The Hall–Kier alpha value is -3.62. The molecule has 1 fully saturated rings. The normalized spacial score (nSPS) is 13.8. The number of rotatable bonds is 6. The van der Waals surface area contributed by atoms with Crippen molar-refractivity contribution in [2.45, 2.75) is 19.8 Å². The Morgan fingerprint density at radius 1 is 1.06 bits per heavy atom. The molecule has 1 aromatic carbocycles. The first-order valence-electron chi connectivity index (χ1n) is 10.7. The maximum absolute atomic E-state index is 12.9. The lowest BCUT2D eigenvalue weighted by Crippen LogP contribution is -2.38. The van der Waals surface area contributed by atoms with Crippen LogP contribution in [0.5, 0.6) is 0 Å². The summed E-state index contributed by atoms with van der Waals surface area (Å²) >= 11 is 0. The second kappa shape index (κ2) is 11.1. The van der Waals surface area contributed by atoms with Gasteiger partial charge in [0.1, 0.15) is 5.82 Å². The van der Waals surface area contributed by atoms with Crippen molar-refractivity contribution in [3.8, 4) is 0 Å². The van der Waals surface area contributed by atoms with E-state index in [1.165, 1.54) is 6.20 Å². The Bertz CT molecular complexity index is 948. The molecule has 0 aliphatic carbocycles. The largest absolute Gasteiger partial charge is 0.462 e. The summed E-state index contributed by atoms with van der Waals surface area (Å²) in [6, 6.07) is 10.6. The first kappa shape index (κ1) is 23.1. The van der Waals surface area contributed by atoms with Gasteiger partial charge in [-0.05, 0) is 37.1 Å². The SMILES string of the molecule is CCOC(=O)c1ccc(N2CCCN(C(=O)Nc3ccccc3CC(=O)NC)CC2)nc1. The highest BCUT2D eigenvalue weighted by Crippen LogP contribution is 2.18. The molecule has 32 heavy (non-hydrogen) atoms. The maximum Gasteiger partial charge on any atom is 0.339 e. The summed E-state index contributed by atoms with van der Waals surface area (Å²) in [5.41, 5.74) is 1.82. The van der Waals surface area contributed by atoms with Gasteiger partial charge in [-0.1, -0.05) is 18.2 Å². The van der Waals surface area contributed by atoms with Crippen molar-refractivity contribution in [1.29, 1.82) is 0 Å². The lowest BCUT2D eigenvalue weighted by molar-refractivity contribution is -0.119. The van der Waals surface area contributed by atoms with Gasteiger partial charge >= 0.3 is 12.0 Å². The van der Waals surface area contributed by atoms with E-state index < -0.39 is 0 Å². The number of hydrogen-bond donors (Lipinski definition) is 2. The van der Waals surface area contributed by atoms with Gasteiger partial charge < -0.3 is 25.2 Å². The fraction of sp³-hybridized carbons (Fsp3) is 0.391. The number of likely N-dealkylation sites (N-methyl/N-ethyl adjacent to an activating group) is 1. The van der Waals surface area contributed by atoms with Gasteiger partial charge in [0.25, 0.3) is 0 Å². The summed E-state index contributed by atoms with van der Waals surface area (Å²) in [6.07, 6.45) is 2.51. The van der Waals surface area contributed by atoms with Crippen molar-refractivity contribution in [3.63, 3.8) is 0 Å². The topological polar surface area (TPSA) is 104 Å². The van der Waals surface area contributed by atoms with E-state index in [0.29, 0.717) is 37.5 Å². The van der Waals surface area contributed by atoms with Crippen LogP contribution in [0.1, 0.15) is 29.3 Å². The quantitative estimate of drug-likeness (QED) is 0.670. The van der Waals surface area contributed by atoms with Crippen LogP contribution in [0, 0.1) is 0 Å². The van der Waals surface area contributed by atoms with E-state index in [4.69, 9.17) is 4.74 Å². The predicted octanol–water partition coefficient (Wildman–Crippen LogP) is 2.29. The van der Waals surface area contributed by atoms with Gasteiger partial charge in [-0.25, -0.2) is 14.6 Å². The van der Waals surface area contributed by atoms with Crippen LogP contribution in [-0.4, -0.2) is 67.6 Å². The van der Waals surface area contributed by atoms with Crippen LogP contribution in [0.15, 0.2) is 42.6 Å². The van der Waals surface area contributed by atoms with Gasteiger partial charge in [0.05, 0.1) is 18.6 Å². The zero-order valence-corrected chi connectivity index (χ0v) is 18.5. The zero-order chi connectivity index (χ0) is 22.9. The van der Waals surface area contributed by atoms with Crippen LogP contribution in [0.3, 0.4) is 0 Å². The van der Waals surface area contributed by atoms with Crippen molar-refractivity contribution in [1.82, 2.24) is 15.2 Å². The number of nitrogens with zero attached hydrogens (tertiary/aromatic N) is 3. The van der Waals surface area contributed by atoms with E-state index in [2.05, 4.69) is 20.5 Å². The molecule has 1 aromatic heterocycles. The molecule has 0 radical (unpaired) electrons. The van der Waals surface area contributed by atoms with Gasteiger partial charge in [-0.3, -0.25) is 4.79 Å². The number of ether oxygens (including phenoxy) is 1. The standard InChI is InChI=1S/C23H29N5O4/c1-3-32-22(30)18-9-10-20(25-16-18)27-11-6-12-28(14-13-27)23(31)26-19-8-5-4-7-17(19)15-21(29)24-2/h4-5,7-10,16H,3,6,11-15H2,1-2H3,(H,24,29)(H,26,31). The van der Waals surface area contributed by atoms with Crippen LogP contribution < -0.4 is 15.5 Å². The molecule has 0 saturated carbocycles. The minimum Gasteiger partial charge on any atom is -0.462 e. The molecule has 1 saturated heterocycles. The van der Waals surface area contributed by atoms with Crippen molar-refractivity contribution < 1.29 is 19.1 Å². The number of hydrogen-bond acceptors (Lipinski definition) is 6. The van der Waals surface area contributed by atoms with Gasteiger partial charge in [-0.15, -0.1) is 0 Å². The number of pyridine rings is 1. The monoisotopic (exact) mass is 439 g/mol. The van der Waals surface area contributed by atoms with E-state index in [9.17, 15) is 14.4 Å². The molecule has 0 spiro atoms. The van der Waals surface area contributed by atoms with E-state index >= 15 is 0 Å². The van der Waals surface area contributed by atoms with Gasteiger partial charge in [0, 0.05) is 45.1 Å². The molecule has 1 aliphatic heterocycles. The Morgan fingerprint density at radius 2 is 1.88 bits per heavy atom. The minimum absolute atomic E-state index is 0.112. The molecular formula is C23H29N5O4. The third kappa shape index (κ3) is 5.96. The number of aromatic nitrogens is 1. The van der Waals surface area contributed by atoms with Crippen LogP contribution in [0.25, 0.3) is 0 Å². The molecule has 170 valence electrons. The van der Waals surface area contributed by atoms with Gasteiger partial charge in [0.15, 0.2) is 0 Å². The van der Waals surface area contributed by atoms with Crippen LogP contribution >= 0.6 is 0 Å². The molecule has 3 amide bonds. The number of nitrogens with one attached hydrogen (secondary N) is 2. The van der Waals surface area contributed by atoms with Crippen molar-refractivity contribution >= 4 is 29.4 Å². The van der Waals surface area contributed by atoms with E-state index in [1.807, 2.05) is 18.2 Å². The highest BCUT2D eigenvalue weighted by atomic mass is 16.5. The molecule has 0 bridgehead atoms. The zero-order valence-electron chi connectivity index (χ0n) is 18.5. The number of urea groups is 1. The Labute approximate surface area is 187 Å². The number of amides is 3. The second-order valence-electron chi connectivity index (χ2n) is 7.39. The lowest BCUT2D eigenvalue weighted by Gasteiger charge is -2.23. The van der Waals surface area contributed by atoms with Crippen molar-refractivity contribution in [3.05, 3.63) is 53.7 Å². The summed E-state index contributed by atoms with van der Waals surface area (Å²) in [5.74, 6) is 0.261. The smallest absolute Gasteiger partial charge is 0.339 e. The highest BCUT2D eigenvalue weighted by molar-refractivity contribution is 5.91. The average molecular weight is 440 g/mol. The fourth-order valence-corrected chi connectivity index (χ4v) is 3.51. The van der Waals surface area contributed by atoms with E-state index in [0.717, 1.165) is 24.3 Å². The molecule has 1 aliphatic rings. The molecule has 9 nitrogen and oxygen atoms in total. The average Bonchev–Trinajstić information content (AvgIpc) is 3.07. The predicted molar refractivity (Wildman–Crippen MR) is 122 cm³/mol. The number of esters is 1. The Kier molecular flexibility index (Phi) is 8.02. The fourth-order valence-electron chi connectivity index (χ4n) is 3.51. The van der Waals surface area contributed by atoms with Crippen LogP contribution in [0.2, 0.25) is 0 Å². The van der Waals surface area contributed by atoms with Gasteiger partial charge in [0.2, 0.25) is 5.91 Å². The molecule has 9 heteroatoms. The van der Waals surface area contributed by atoms with Crippen LogP contribution in [0.4, 0.5) is 16.3 Å². The second-order valence-corrected chi connectivity index (χ2v) is 7.39. The number of anilines is 2. The summed E-state index contributed by atoms with van der Waals surface area (Å²) in [4.78, 5) is 44.7. The Balaban J connectivity index is 1.60. The number of carbonyl (C=O) groups excluding carboxylic acids is 3. The Morgan fingerprint density at radius 3 is 2.59 bits per heavy atom. The van der Waals surface area contributed by atoms with Crippen molar-refractivity contribution in [2.75, 3.05) is 50.1 Å². The molecule has 2 heterocycles. The lowest BCUT2D eigenvalue weighted by atomic mass is 10.1. The number of benzene rings is 1. The molecule has 2 N–H and O–H groups in total. The molecule has 3 rings (SSSR count). The third-order valence-corrected chi connectivity index (χ3v) is 5.25. The maximum atomic E-state index is 12.9. The first-order valence-corrected chi connectivity index (χ1v) is 10.7. The minimum atomic E-state index is -0.387. The number of carbonyl (C=O) groups is 3. The van der Waals surface area contributed by atoms with Gasteiger partial charge in [-0.2, -0.15) is 0 Å². The van der Waals surface area contributed by atoms with Crippen molar-refractivity contribution in [2.24, 2.45) is 0 Å². The summed E-state index contributed by atoms with van der Waals surface area (Å²) in [7, 11) is 1.59. The molecular weight excluding hydrogens is 410 g/mol. The van der Waals surface area contributed by atoms with E-state index in [-0.39, 0.29) is 24.3 Å². The third-order valence-electron chi connectivity index (χ3n) is 5.25. The van der Waals surface area contributed by atoms with Crippen LogP contribution in [-0.2, 0) is 16.0 Å².